The van der Waals surface area contributed by atoms with Gasteiger partial charge in [0.1, 0.15) is 23.9 Å². The van der Waals surface area contributed by atoms with Gasteiger partial charge in [0.2, 0.25) is 5.91 Å². The molecule has 1 aromatic heterocycles. The van der Waals surface area contributed by atoms with Gasteiger partial charge in [0.05, 0.1) is 32.4 Å². The molecule has 1 unspecified atom stereocenters. The molecule has 1 fully saturated rings. The fourth-order valence-electron chi connectivity index (χ4n) is 3.97. The third-order valence-electron chi connectivity index (χ3n) is 5.88. The molecule has 2 heterocycles. The van der Waals surface area contributed by atoms with E-state index in [1.165, 1.54) is 0 Å². The lowest BCUT2D eigenvalue weighted by Gasteiger charge is -2.32. The second kappa shape index (κ2) is 11.4. The maximum absolute atomic E-state index is 12.7. The van der Waals surface area contributed by atoms with Crippen LogP contribution in [0.5, 0.6) is 17.2 Å². The van der Waals surface area contributed by atoms with Gasteiger partial charge in [-0.25, -0.2) is 0 Å². The van der Waals surface area contributed by atoms with Crippen LogP contribution in [0.2, 0.25) is 0 Å². The van der Waals surface area contributed by atoms with Gasteiger partial charge in [0.25, 0.3) is 0 Å². The lowest BCUT2D eigenvalue weighted by molar-refractivity contribution is -0.125. The van der Waals surface area contributed by atoms with Crippen LogP contribution in [-0.2, 0) is 4.79 Å². The summed E-state index contributed by atoms with van der Waals surface area (Å²) in [6, 6.07) is 19.0. The van der Waals surface area contributed by atoms with Gasteiger partial charge in [-0.2, -0.15) is 0 Å². The standard InChI is InChI=1S/C26H30N4O4/c1-32-21-7-5-19(6-8-21)24-13-14-25(29-28-24)30-16-3-4-20(18-30)26(31)27-15-17-34-23-11-9-22(33-2)10-12-23/h5-14,20H,3-4,15-18H2,1-2H3,(H,27,31). The minimum atomic E-state index is -0.0854. The van der Waals surface area contributed by atoms with Crippen molar-refractivity contribution in [1.29, 1.82) is 0 Å². The molecule has 1 atom stereocenters. The highest BCUT2D eigenvalue weighted by molar-refractivity contribution is 5.79. The molecule has 0 bridgehead atoms. The third kappa shape index (κ3) is 5.95. The smallest absolute Gasteiger partial charge is 0.225 e. The van der Waals surface area contributed by atoms with E-state index >= 15 is 0 Å². The number of nitrogens with zero attached hydrogens (tertiary/aromatic N) is 3. The van der Waals surface area contributed by atoms with E-state index in [1.807, 2.05) is 60.7 Å². The number of anilines is 1. The van der Waals surface area contributed by atoms with Crippen LogP contribution < -0.4 is 24.4 Å². The first-order chi connectivity index (χ1) is 16.7. The number of amides is 1. The summed E-state index contributed by atoms with van der Waals surface area (Å²) in [4.78, 5) is 14.8. The highest BCUT2D eigenvalue weighted by atomic mass is 16.5. The molecule has 8 heteroatoms. The Morgan fingerprint density at radius 1 is 0.941 bits per heavy atom. The highest BCUT2D eigenvalue weighted by Gasteiger charge is 2.26. The molecule has 1 N–H and O–H groups in total. The summed E-state index contributed by atoms with van der Waals surface area (Å²) in [5.74, 6) is 3.08. The first-order valence-electron chi connectivity index (χ1n) is 11.4. The van der Waals surface area contributed by atoms with E-state index in [0.717, 1.165) is 53.7 Å². The predicted octanol–water partition coefficient (Wildman–Crippen LogP) is 3.57. The van der Waals surface area contributed by atoms with E-state index in [-0.39, 0.29) is 11.8 Å². The van der Waals surface area contributed by atoms with E-state index in [0.29, 0.717) is 19.7 Å². The van der Waals surface area contributed by atoms with Crippen LogP contribution in [0, 0.1) is 5.92 Å². The van der Waals surface area contributed by atoms with Crippen LogP contribution in [0.25, 0.3) is 11.3 Å². The average molecular weight is 463 g/mol. The molecule has 0 spiro atoms. The number of rotatable bonds is 9. The summed E-state index contributed by atoms with van der Waals surface area (Å²) < 4.78 is 16.0. The van der Waals surface area contributed by atoms with Crippen molar-refractivity contribution in [3.63, 3.8) is 0 Å². The number of aromatic nitrogens is 2. The molecular formula is C26H30N4O4. The fourth-order valence-corrected chi connectivity index (χ4v) is 3.97. The Morgan fingerprint density at radius 3 is 2.26 bits per heavy atom. The fraction of sp³-hybridized carbons (Fsp3) is 0.346. The molecule has 4 rings (SSSR count). The molecule has 1 amide bonds. The van der Waals surface area contributed by atoms with Crippen molar-refractivity contribution in [2.45, 2.75) is 12.8 Å². The SMILES string of the molecule is COc1ccc(OCCNC(=O)C2CCCN(c3ccc(-c4ccc(OC)cc4)nn3)C2)cc1. The van der Waals surface area contributed by atoms with Crippen LogP contribution in [0.4, 0.5) is 5.82 Å². The second-order valence-electron chi connectivity index (χ2n) is 8.11. The molecule has 3 aromatic rings. The summed E-state index contributed by atoms with van der Waals surface area (Å²) in [5, 5.41) is 11.8. The largest absolute Gasteiger partial charge is 0.497 e. The van der Waals surface area contributed by atoms with E-state index < -0.39 is 0 Å². The van der Waals surface area contributed by atoms with Gasteiger partial charge in [-0.3, -0.25) is 4.79 Å². The Kier molecular flexibility index (Phi) is 7.80. The number of carbonyl (C=O) groups is 1. The number of piperidine rings is 1. The zero-order valence-corrected chi connectivity index (χ0v) is 19.6. The normalized spacial score (nSPS) is 15.5. The molecule has 1 saturated heterocycles. The molecule has 1 aliphatic rings. The molecule has 0 aliphatic carbocycles. The van der Waals surface area contributed by atoms with Gasteiger partial charge < -0.3 is 24.4 Å². The van der Waals surface area contributed by atoms with Gasteiger partial charge in [-0.15, -0.1) is 10.2 Å². The van der Waals surface area contributed by atoms with Crippen molar-refractivity contribution >= 4 is 11.7 Å². The van der Waals surface area contributed by atoms with Crippen LogP contribution in [0.15, 0.2) is 60.7 Å². The van der Waals surface area contributed by atoms with E-state index in [9.17, 15) is 4.79 Å². The van der Waals surface area contributed by atoms with Gasteiger partial charge in [-0.05, 0) is 73.5 Å². The highest BCUT2D eigenvalue weighted by Crippen LogP contribution is 2.24. The summed E-state index contributed by atoms with van der Waals surface area (Å²) in [7, 11) is 3.27. The maximum Gasteiger partial charge on any atom is 0.225 e. The molecular weight excluding hydrogens is 432 g/mol. The van der Waals surface area contributed by atoms with Gasteiger partial charge >= 0.3 is 0 Å². The number of hydrogen-bond acceptors (Lipinski definition) is 7. The van der Waals surface area contributed by atoms with Gasteiger partial charge in [0, 0.05) is 18.7 Å². The number of ether oxygens (including phenoxy) is 3. The number of methoxy groups -OCH3 is 2. The molecule has 34 heavy (non-hydrogen) atoms. The van der Waals surface area contributed by atoms with Crippen molar-refractivity contribution in [2.75, 3.05) is 45.4 Å². The Hall–Kier alpha value is -3.81. The lowest BCUT2D eigenvalue weighted by atomic mass is 9.97. The van der Waals surface area contributed by atoms with Crippen molar-refractivity contribution in [1.82, 2.24) is 15.5 Å². The monoisotopic (exact) mass is 462 g/mol. The first-order valence-corrected chi connectivity index (χ1v) is 11.4. The van der Waals surface area contributed by atoms with Crippen LogP contribution in [-0.4, -0.2) is 56.6 Å². The summed E-state index contributed by atoms with van der Waals surface area (Å²) in [6.45, 7) is 2.35. The predicted molar refractivity (Wildman–Crippen MR) is 130 cm³/mol. The van der Waals surface area contributed by atoms with Crippen molar-refractivity contribution < 1.29 is 19.0 Å². The molecule has 178 valence electrons. The average Bonchev–Trinajstić information content (AvgIpc) is 2.91. The van der Waals surface area contributed by atoms with Crippen molar-refractivity contribution in [2.24, 2.45) is 5.92 Å². The zero-order valence-electron chi connectivity index (χ0n) is 19.6. The molecule has 1 aliphatic heterocycles. The second-order valence-corrected chi connectivity index (χ2v) is 8.11. The Bertz CT molecular complexity index is 1060. The Labute approximate surface area is 199 Å². The zero-order chi connectivity index (χ0) is 23.8. The van der Waals surface area contributed by atoms with Gasteiger partial charge in [-0.1, -0.05) is 0 Å². The summed E-state index contributed by atoms with van der Waals surface area (Å²) >= 11 is 0. The summed E-state index contributed by atoms with van der Waals surface area (Å²) in [5.41, 5.74) is 1.78. The molecule has 2 aromatic carbocycles. The van der Waals surface area contributed by atoms with E-state index in [4.69, 9.17) is 14.2 Å². The maximum atomic E-state index is 12.7. The van der Waals surface area contributed by atoms with Crippen molar-refractivity contribution in [3.05, 3.63) is 60.7 Å². The number of nitrogens with one attached hydrogen (secondary N) is 1. The first kappa shape index (κ1) is 23.4. The number of carbonyl (C=O) groups excluding carboxylic acids is 1. The van der Waals surface area contributed by atoms with Crippen LogP contribution >= 0.6 is 0 Å². The topological polar surface area (TPSA) is 85.8 Å². The minimum absolute atomic E-state index is 0.0471. The lowest BCUT2D eigenvalue weighted by Crippen LogP contribution is -2.44. The van der Waals surface area contributed by atoms with E-state index in [2.05, 4.69) is 20.4 Å². The molecule has 0 radical (unpaired) electrons. The van der Waals surface area contributed by atoms with E-state index in [1.54, 1.807) is 14.2 Å². The van der Waals surface area contributed by atoms with Crippen LogP contribution in [0.3, 0.4) is 0 Å². The Balaban J connectivity index is 1.26. The Morgan fingerprint density at radius 2 is 1.62 bits per heavy atom. The quantitative estimate of drug-likeness (QED) is 0.487. The van der Waals surface area contributed by atoms with Gasteiger partial charge in [0.15, 0.2) is 5.82 Å². The van der Waals surface area contributed by atoms with Crippen LogP contribution in [0.1, 0.15) is 12.8 Å². The third-order valence-corrected chi connectivity index (χ3v) is 5.88. The molecule has 0 saturated carbocycles. The minimum Gasteiger partial charge on any atom is -0.497 e. The number of benzene rings is 2. The summed E-state index contributed by atoms with van der Waals surface area (Å²) in [6.07, 6.45) is 1.79. The van der Waals surface area contributed by atoms with Crippen molar-refractivity contribution in [3.8, 4) is 28.5 Å². The number of hydrogen-bond donors (Lipinski definition) is 1. The molecule has 8 nitrogen and oxygen atoms in total.